The highest BCUT2D eigenvalue weighted by Gasteiger charge is 2.18. The van der Waals surface area contributed by atoms with Crippen LogP contribution in [0.3, 0.4) is 0 Å². The molecular weight excluding hydrogens is 212 g/mol. The molecule has 4 nitrogen and oxygen atoms in total. The minimum atomic E-state index is 0.659. The number of rotatable bonds is 3. The van der Waals surface area contributed by atoms with E-state index in [9.17, 15) is 0 Å². The van der Waals surface area contributed by atoms with Gasteiger partial charge in [0.1, 0.15) is 0 Å². The summed E-state index contributed by atoms with van der Waals surface area (Å²) >= 11 is 0. The standard InChI is InChI=1S/C13H22N4/c1-11(2)17-7-5-16(6-8-17)10-13-4-3-12(14)9-15-13/h3-4,9,11H,5-8,10,14H2,1-2H3. The summed E-state index contributed by atoms with van der Waals surface area (Å²) in [4.78, 5) is 9.32. The Kier molecular flexibility index (Phi) is 3.97. The third kappa shape index (κ3) is 3.41. The van der Waals surface area contributed by atoms with Gasteiger partial charge in [-0.3, -0.25) is 14.8 Å². The number of pyridine rings is 1. The maximum atomic E-state index is 5.63. The van der Waals surface area contributed by atoms with Crippen LogP contribution in [0.1, 0.15) is 19.5 Å². The van der Waals surface area contributed by atoms with Crippen molar-refractivity contribution in [3.05, 3.63) is 24.0 Å². The van der Waals surface area contributed by atoms with Crippen LogP contribution in [0.4, 0.5) is 5.69 Å². The van der Waals surface area contributed by atoms with Gasteiger partial charge in [-0.25, -0.2) is 0 Å². The van der Waals surface area contributed by atoms with Crippen molar-refractivity contribution in [3.8, 4) is 0 Å². The van der Waals surface area contributed by atoms with Gasteiger partial charge in [0.25, 0.3) is 0 Å². The number of nitrogens with two attached hydrogens (primary N) is 1. The Morgan fingerprint density at radius 1 is 1.24 bits per heavy atom. The van der Waals surface area contributed by atoms with E-state index in [0.29, 0.717) is 6.04 Å². The lowest BCUT2D eigenvalue weighted by atomic mass is 10.2. The zero-order chi connectivity index (χ0) is 12.3. The van der Waals surface area contributed by atoms with Crippen molar-refractivity contribution < 1.29 is 0 Å². The van der Waals surface area contributed by atoms with E-state index < -0.39 is 0 Å². The summed E-state index contributed by atoms with van der Waals surface area (Å²) in [6.45, 7) is 10.0. The van der Waals surface area contributed by atoms with Crippen molar-refractivity contribution in [2.75, 3.05) is 31.9 Å². The number of nitrogen functional groups attached to an aromatic ring is 1. The van der Waals surface area contributed by atoms with Crippen LogP contribution in [0, 0.1) is 0 Å². The van der Waals surface area contributed by atoms with E-state index in [2.05, 4.69) is 28.6 Å². The summed E-state index contributed by atoms with van der Waals surface area (Å²) in [5.41, 5.74) is 7.47. The summed E-state index contributed by atoms with van der Waals surface area (Å²) in [7, 11) is 0. The summed E-state index contributed by atoms with van der Waals surface area (Å²) in [6, 6.07) is 4.60. The van der Waals surface area contributed by atoms with Gasteiger partial charge in [0.2, 0.25) is 0 Å². The first-order chi connectivity index (χ1) is 8.15. The van der Waals surface area contributed by atoms with Gasteiger partial charge < -0.3 is 5.73 Å². The average Bonchev–Trinajstić information content (AvgIpc) is 2.33. The third-order valence-electron chi connectivity index (χ3n) is 3.37. The monoisotopic (exact) mass is 234 g/mol. The molecule has 1 saturated heterocycles. The second-order valence-electron chi connectivity index (χ2n) is 4.99. The number of anilines is 1. The molecule has 1 aromatic rings. The predicted molar refractivity (Wildman–Crippen MR) is 70.6 cm³/mol. The quantitative estimate of drug-likeness (QED) is 0.853. The second kappa shape index (κ2) is 5.47. The summed E-state index contributed by atoms with van der Waals surface area (Å²) in [6.07, 6.45) is 1.74. The third-order valence-corrected chi connectivity index (χ3v) is 3.37. The van der Waals surface area contributed by atoms with Gasteiger partial charge in [0, 0.05) is 38.8 Å². The average molecular weight is 234 g/mol. The van der Waals surface area contributed by atoms with Gasteiger partial charge in [-0.2, -0.15) is 0 Å². The summed E-state index contributed by atoms with van der Waals surface area (Å²) < 4.78 is 0. The van der Waals surface area contributed by atoms with Crippen molar-refractivity contribution in [2.24, 2.45) is 0 Å². The molecule has 0 amide bonds. The summed E-state index contributed by atoms with van der Waals surface area (Å²) in [5.74, 6) is 0. The van der Waals surface area contributed by atoms with Crippen LogP contribution in [0.5, 0.6) is 0 Å². The zero-order valence-corrected chi connectivity index (χ0v) is 10.8. The van der Waals surface area contributed by atoms with E-state index >= 15 is 0 Å². The lowest BCUT2D eigenvalue weighted by molar-refractivity contribution is 0.103. The largest absolute Gasteiger partial charge is 0.397 e. The fourth-order valence-corrected chi connectivity index (χ4v) is 2.20. The van der Waals surface area contributed by atoms with E-state index in [0.717, 1.165) is 44.1 Å². The molecule has 4 heteroatoms. The maximum Gasteiger partial charge on any atom is 0.0545 e. The molecular formula is C13H22N4. The fraction of sp³-hybridized carbons (Fsp3) is 0.615. The Hall–Kier alpha value is -1.13. The van der Waals surface area contributed by atoms with E-state index in [-0.39, 0.29) is 0 Å². The van der Waals surface area contributed by atoms with Crippen LogP contribution >= 0.6 is 0 Å². The van der Waals surface area contributed by atoms with Gasteiger partial charge >= 0.3 is 0 Å². The van der Waals surface area contributed by atoms with Crippen LogP contribution in [-0.4, -0.2) is 47.0 Å². The van der Waals surface area contributed by atoms with E-state index in [1.165, 1.54) is 0 Å². The number of hydrogen-bond donors (Lipinski definition) is 1. The molecule has 0 spiro atoms. The molecule has 2 rings (SSSR count). The molecule has 0 saturated carbocycles. The minimum Gasteiger partial charge on any atom is -0.397 e. The highest BCUT2D eigenvalue weighted by Crippen LogP contribution is 2.09. The second-order valence-corrected chi connectivity index (χ2v) is 4.99. The van der Waals surface area contributed by atoms with Crippen molar-refractivity contribution in [3.63, 3.8) is 0 Å². The smallest absolute Gasteiger partial charge is 0.0545 e. The fourth-order valence-electron chi connectivity index (χ4n) is 2.20. The van der Waals surface area contributed by atoms with Gasteiger partial charge in [0.05, 0.1) is 17.6 Å². The number of aromatic nitrogens is 1. The highest BCUT2D eigenvalue weighted by atomic mass is 15.3. The Labute approximate surface area is 103 Å². The van der Waals surface area contributed by atoms with Crippen LogP contribution < -0.4 is 5.73 Å². The van der Waals surface area contributed by atoms with E-state index in [4.69, 9.17) is 5.73 Å². The normalized spacial score (nSPS) is 18.8. The maximum absolute atomic E-state index is 5.63. The minimum absolute atomic E-state index is 0.659. The number of piperazine rings is 1. The van der Waals surface area contributed by atoms with Crippen LogP contribution in [0.15, 0.2) is 18.3 Å². The molecule has 0 aromatic carbocycles. The van der Waals surface area contributed by atoms with Gasteiger partial charge in [0.15, 0.2) is 0 Å². The van der Waals surface area contributed by atoms with Crippen molar-refractivity contribution in [2.45, 2.75) is 26.4 Å². The molecule has 0 bridgehead atoms. The lowest BCUT2D eigenvalue weighted by Gasteiger charge is -2.36. The van der Waals surface area contributed by atoms with Crippen molar-refractivity contribution in [1.82, 2.24) is 14.8 Å². The zero-order valence-electron chi connectivity index (χ0n) is 10.8. The summed E-state index contributed by atoms with van der Waals surface area (Å²) in [5, 5.41) is 0. The molecule has 1 aliphatic rings. The Morgan fingerprint density at radius 3 is 2.47 bits per heavy atom. The van der Waals surface area contributed by atoms with Crippen LogP contribution in [0.25, 0.3) is 0 Å². The molecule has 0 unspecified atom stereocenters. The lowest BCUT2D eigenvalue weighted by Crippen LogP contribution is -2.48. The van der Waals surface area contributed by atoms with E-state index in [1.807, 2.05) is 12.1 Å². The topological polar surface area (TPSA) is 45.4 Å². The Morgan fingerprint density at radius 2 is 1.94 bits per heavy atom. The van der Waals surface area contributed by atoms with Gasteiger partial charge in [-0.05, 0) is 26.0 Å². The Balaban J connectivity index is 1.84. The molecule has 1 aliphatic heterocycles. The Bertz CT molecular complexity index is 339. The van der Waals surface area contributed by atoms with Gasteiger partial charge in [-0.15, -0.1) is 0 Å². The molecule has 1 fully saturated rings. The molecule has 0 radical (unpaired) electrons. The molecule has 0 atom stereocenters. The molecule has 0 aliphatic carbocycles. The van der Waals surface area contributed by atoms with E-state index in [1.54, 1.807) is 6.20 Å². The van der Waals surface area contributed by atoms with Crippen LogP contribution in [0.2, 0.25) is 0 Å². The van der Waals surface area contributed by atoms with Crippen molar-refractivity contribution in [1.29, 1.82) is 0 Å². The molecule has 94 valence electrons. The first-order valence-electron chi connectivity index (χ1n) is 6.32. The number of hydrogen-bond acceptors (Lipinski definition) is 4. The molecule has 2 heterocycles. The first-order valence-corrected chi connectivity index (χ1v) is 6.32. The van der Waals surface area contributed by atoms with Gasteiger partial charge in [-0.1, -0.05) is 0 Å². The van der Waals surface area contributed by atoms with Crippen molar-refractivity contribution >= 4 is 5.69 Å². The predicted octanol–water partition coefficient (Wildman–Crippen LogP) is 1.19. The molecule has 2 N–H and O–H groups in total. The highest BCUT2D eigenvalue weighted by molar-refractivity contribution is 5.34. The SMILES string of the molecule is CC(C)N1CCN(Cc2ccc(N)cn2)CC1. The first kappa shape index (κ1) is 12.3. The van der Waals surface area contributed by atoms with Crippen LogP contribution in [-0.2, 0) is 6.54 Å². The number of nitrogens with zero attached hydrogens (tertiary/aromatic N) is 3. The molecule has 17 heavy (non-hydrogen) atoms. The molecule has 1 aromatic heterocycles.